The summed E-state index contributed by atoms with van der Waals surface area (Å²) in [5.41, 5.74) is 0.375. The fourth-order valence-electron chi connectivity index (χ4n) is 2.25. The van der Waals surface area contributed by atoms with Crippen LogP contribution in [0.4, 0.5) is 10.0 Å². The Morgan fingerprint density at radius 1 is 0.816 bits per heavy atom. The van der Waals surface area contributed by atoms with Gasteiger partial charge in [0.2, 0.25) is 0 Å². The average molecular weight is 602 g/mol. The SMILES string of the molecule is O=C1C=C/C(=N\N=c2/[n-]cc([N+](=O)[O-])s2)C(O)=C1.[CH2-]OC1=CC(=O)C=C/C1=N\N=c1/[n-]cc([N+](=O)[O-])s1.[Co+3]. The Hall–Kier alpha value is -4.59. The molecule has 0 spiro atoms. The Morgan fingerprint density at radius 3 is 1.74 bits per heavy atom. The quantitative estimate of drug-likeness (QED) is 0.222. The fourth-order valence-corrected chi connectivity index (χ4v) is 3.36. The summed E-state index contributed by atoms with van der Waals surface area (Å²) in [6, 6.07) is 0. The van der Waals surface area contributed by atoms with Crippen LogP contribution < -0.4 is 19.6 Å². The van der Waals surface area contributed by atoms with Gasteiger partial charge in [0.15, 0.2) is 11.6 Å². The molecule has 0 saturated heterocycles. The first kappa shape index (κ1) is 29.6. The molecule has 2 aliphatic rings. The summed E-state index contributed by atoms with van der Waals surface area (Å²) in [6.45, 7) is 0. The molecule has 0 atom stereocenters. The summed E-state index contributed by atoms with van der Waals surface area (Å²) in [5, 5.41) is 44.8. The minimum absolute atomic E-state index is 0. The minimum atomic E-state index is -0.583. The number of hydrogen-bond donors (Lipinski definition) is 1. The molecule has 2 aromatic heterocycles. The van der Waals surface area contributed by atoms with Crippen LogP contribution in [0.3, 0.4) is 0 Å². The maximum atomic E-state index is 11.1. The van der Waals surface area contributed by atoms with Gasteiger partial charge in [-0.25, -0.2) is 0 Å². The molecule has 2 heterocycles. The van der Waals surface area contributed by atoms with E-state index in [0.717, 1.165) is 41.1 Å². The summed E-state index contributed by atoms with van der Waals surface area (Å²) in [6.07, 6.45) is 9.60. The third kappa shape index (κ3) is 8.23. The van der Waals surface area contributed by atoms with Gasteiger partial charge in [-0.1, -0.05) is 22.7 Å². The van der Waals surface area contributed by atoms with Crippen molar-refractivity contribution in [2.75, 3.05) is 0 Å². The maximum Gasteiger partial charge on any atom is 3.00 e. The topological polar surface area (TPSA) is 228 Å². The van der Waals surface area contributed by atoms with Gasteiger partial charge in [0.1, 0.15) is 22.9 Å². The van der Waals surface area contributed by atoms with Crippen molar-refractivity contribution in [3.8, 4) is 0 Å². The standard InChI is InChI=1S/C10H7N4O4S.C9H6N4O4S.Co/c1-18-8-4-6(15)2-3-7(8)12-13-10-11-5-9(19-10)14(16)17;14-5-1-2-6(7(15)3-5)11-12-9-10-4-8(18-9)13(16)17;/h2-5H,1H2,(H,11,13,15);1-4H,(H2,10,12,14,15);/q-1;;+3/p-2. The number of allylic oxidation sites excluding steroid dienone is 6. The zero-order chi connectivity index (χ0) is 26.9. The van der Waals surface area contributed by atoms with E-state index < -0.39 is 9.85 Å². The molecule has 0 amide bonds. The van der Waals surface area contributed by atoms with Crippen LogP contribution in [-0.2, 0) is 31.1 Å². The van der Waals surface area contributed by atoms with E-state index in [0.29, 0.717) is 0 Å². The number of ketones is 2. The van der Waals surface area contributed by atoms with E-state index in [-0.39, 0.29) is 70.9 Å². The molecular formula is C19H11CoN8O8S2. The molecule has 0 aliphatic heterocycles. The number of nitro groups is 2. The molecule has 16 nitrogen and oxygen atoms in total. The fraction of sp³-hybridized carbons (Fsp3) is 0. The second-order valence-corrected chi connectivity index (χ2v) is 8.28. The Kier molecular flexibility index (Phi) is 10.6. The summed E-state index contributed by atoms with van der Waals surface area (Å²) in [4.78, 5) is 49.3. The second-order valence-electron chi connectivity index (χ2n) is 6.30. The van der Waals surface area contributed by atoms with Gasteiger partial charge in [-0.15, -0.1) is 0 Å². The van der Waals surface area contributed by atoms with Crippen molar-refractivity contribution >= 4 is 55.7 Å². The van der Waals surface area contributed by atoms with Crippen LogP contribution in [0.15, 0.2) is 80.8 Å². The second kappa shape index (κ2) is 13.6. The molecule has 0 bridgehead atoms. The normalized spacial score (nSPS) is 17.5. The Bertz CT molecular complexity index is 1580. The first-order valence-corrected chi connectivity index (χ1v) is 11.1. The molecule has 19 heteroatoms. The summed E-state index contributed by atoms with van der Waals surface area (Å²) >= 11 is 1.54. The molecule has 0 aromatic carbocycles. The van der Waals surface area contributed by atoms with Gasteiger partial charge in [0.05, 0.1) is 9.85 Å². The minimum Gasteiger partial charge on any atom is -0.664 e. The zero-order valence-corrected chi connectivity index (χ0v) is 21.0. The van der Waals surface area contributed by atoms with Crippen molar-refractivity contribution in [3.63, 3.8) is 0 Å². The average Bonchev–Trinajstić information content (AvgIpc) is 3.53. The van der Waals surface area contributed by atoms with E-state index >= 15 is 0 Å². The number of aliphatic hydroxyl groups excluding tert-OH is 1. The first-order valence-electron chi connectivity index (χ1n) is 9.43. The maximum absolute atomic E-state index is 11.1. The molecule has 38 heavy (non-hydrogen) atoms. The molecular weight excluding hydrogens is 591 g/mol. The molecule has 196 valence electrons. The molecule has 2 aliphatic carbocycles. The van der Waals surface area contributed by atoms with E-state index in [1.165, 1.54) is 30.4 Å². The summed E-state index contributed by atoms with van der Waals surface area (Å²) in [5.74, 6) is -0.738. The summed E-state index contributed by atoms with van der Waals surface area (Å²) < 4.78 is 4.73. The molecule has 0 radical (unpaired) electrons. The van der Waals surface area contributed by atoms with Gasteiger partial charge in [-0.05, 0) is 24.3 Å². The van der Waals surface area contributed by atoms with Crippen LogP contribution in [0.2, 0.25) is 0 Å². The Balaban J connectivity index is 0.000000260. The van der Waals surface area contributed by atoms with E-state index in [1.807, 2.05) is 0 Å². The number of thiazole rings is 2. The van der Waals surface area contributed by atoms with Crippen LogP contribution in [0.1, 0.15) is 0 Å². The molecule has 1 N–H and O–H groups in total. The van der Waals surface area contributed by atoms with Crippen molar-refractivity contribution in [1.82, 2.24) is 9.97 Å². The Morgan fingerprint density at radius 2 is 1.29 bits per heavy atom. The van der Waals surface area contributed by atoms with Crippen molar-refractivity contribution in [2.24, 2.45) is 20.4 Å². The van der Waals surface area contributed by atoms with Gasteiger partial charge in [-0.3, -0.25) is 40.0 Å². The third-order valence-electron chi connectivity index (χ3n) is 3.84. The van der Waals surface area contributed by atoms with Crippen molar-refractivity contribution < 1.29 is 46.1 Å². The van der Waals surface area contributed by atoms with Crippen molar-refractivity contribution in [2.45, 2.75) is 0 Å². The number of carbonyl (C=O) groups is 2. The predicted molar refractivity (Wildman–Crippen MR) is 128 cm³/mol. The molecule has 0 saturated carbocycles. The first-order chi connectivity index (χ1) is 17.7. The predicted octanol–water partition coefficient (Wildman–Crippen LogP) is 1.15. The number of rotatable bonds is 5. The molecule has 4 rings (SSSR count). The van der Waals surface area contributed by atoms with E-state index in [9.17, 15) is 34.9 Å². The van der Waals surface area contributed by atoms with E-state index in [1.54, 1.807) is 0 Å². The van der Waals surface area contributed by atoms with Gasteiger partial charge >= 0.3 is 26.8 Å². The third-order valence-corrected chi connectivity index (χ3v) is 5.51. The number of ether oxygens (including phenoxy) is 1. The van der Waals surface area contributed by atoms with Crippen LogP contribution in [-0.4, -0.2) is 37.9 Å². The zero-order valence-electron chi connectivity index (χ0n) is 18.4. The smallest absolute Gasteiger partial charge is 0.664 e. The Labute approximate surface area is 229 Å². The van der Waals surface area contributed by atoms with Gasteiger partial charge in [0.25, 0.3) is 0 Å². The number of hydrogen-bond acceptors (Lipinski definition) is 14. The van der Waals surface area contributed by atoms with Crippen LogP contribution in [0, 0.1) is 27.3 Å². The van der Waals surface area contributed by atoms with E-state index in [4.69, 9.17) is 4.74 Å². The number of carbonyl (C=O) groups excluding carboxylic acids is 2. The van der Waals surface area contributed by atoms with Gasteiger partial charge < -0.3 is 30.0 Å². The van der Waals surface area contributed by atoms with Crippen molar-refractivity contribution in [1.29, 1.82) is 0 Å². The van der Waals surface area contributed by atoms with Crippen LogP contribution in [0.25, 0.3) is 0 Å². The van der Waals surface area contributed by atoms with Crippen molar-refractivity contribution in [3.05, 3.63) is 97.3 Å². The van der Waals surface area contributed by atoms with Crippen LogP contribution in [0.5, 0.6) is 0 Å². The van der Waals surface area contributed by atoms with Gasteiger partial charge in [-0.2, -0.15) is 7.11 Å². The molecule has 0 unspecified atom stereocenters. The molecule has 0 fully saturated rings. The number of nitrogens with zero attached hydrogens (tertiary/aromatic N) is 8. The largest absolute Gasteiger partial charge is 3.00 e. The monoisotopic (exact) mass is 602 g/mol. The number of aromatic nitrogens is 2. The molecule has 2 aromatic rings. The summed E-state index contributed by atoms with van der Waals surface area (Å²) in [7, 11) is 3.20. The van der Waals surface area contributed by atoms with E-state index in [2.05, 4.69) is 37.5 Å². The van der Waals surface area contributed by atoms with Gasteiger partial charge in [0, 0.05) is 34.1 Å². The van der Waals surface area contributed by atoms with Crippen LogP contribution >= 0.6 is 22.7 Å². The number of aliphatic hydroxyl groups is 1.